The van der Waals surface area contributed by atoms with Crippen molar-refractivity contribution in [1.29, 1.82) is 0 Å². The van der Waals surface area contributed by atoms with Crippen molar-refractivity contribution in [2.75, 3.05) is 12.3 Å². The van der Waals surface area contributed by atoms with Crippen LogP contribution in [0, 0.1) is 11.8 Å². The fourth-order valence-electron chi connectivity index (χ4n) is 2.13. The van der Waals surface area contributed by atoms with Crippen LogP contribution in [0.15, 0.2) is 12.3 Å². The van der Waals surface area contributed by atoms with E-state index < -0.39 is 0 Å². The molecule has 1 rings (SSSR count). The van der Waals surface area contributed by atoms with Gasteiger partial charge in [-0.25, -0.2) is 4.79 Å². The Morgan fingerprint density at radius 2 is 2.11 bits per heavy atom. The summed E-state index contributed by atoms with van der Waals surface area (Å²) in [6.45, 7) is 9.58. The largest absolute Gasteiger partial charge is 0.461 e. The summed E-state index contributed by atoms with van der Waals surface area (Å²) < 4.78 is 7.14. The Kier molecular flexibility index (Phi) is 5.25. The van der Waals surface area contributed by atoms with Crippen LogP contribution >= 0.6 is 0 Å². The number of ether oxygens (including phenoxy) is 1. The van der Waals surface area contributed by atoms with E-state index in [9.17, 15) is 4.79 Å². The Morgan fingerprint density at radius 3 is 2.67 bits per heavy atom. The number of nitrogens with two attached hydrogens (primary N) is 1. The van der Waals surface area contributed by atoms with Crippen LogP contribution in [0.5, 0.6) is 0 Å². The molecule has 4 nitrogen and oxygen atoms in total. The molecule has 0 fully saturated rings. The van der Waals surface area contributed by atoms with Crippen LogP contribution in [0.2, 0.25) is 0 Å². The molecule has 0 aromatic carbocycles. The van der Waals surface area contributed by atoms with Gasteiger partial charge in [-0.2, -0.15) is 0 Å². The summed E-state index contributed by atoms with van der Waals surface area (Å²) >= 11 is 0. The number of aromatic nitrogens is 1. The minimum absolute atomic E-state index is 0.288. The highest BCUT2D eigenvalue weighted by Crippen LogP contribution is 2.14. The van der Waals surface area contributed by atoms with Gasteiger partial charge >= 0.3 is 5.97 Å². The Labute approximate surface area is 109 Å². The summed E-state index contributed by atoms with van der Waals surface area (Å²) in [4.78, 5) is 11.9. The smallest absolute Gasteiger partial charge is 0.355 e. The third-order valence-electron chi connectivity index (χ3n) is 2.84. The first kappa shape index (κ1) is 14.6. The second-order valence-electron chi connectivity index (χ2n) is 5.28. The van der Waals surface area contributed by atoms with E-state index in [1.54, 1.807) is 12.3 Å². The average Bonchev–Trinajstić information content (AvgIpc) is 2.66. The van der Waals surface area contributed by atoms with Gasteiger partial charge in [-0.1, -0.05) is 20.8 Å². The van der Waals surface area contributed by atoms with Gasteiger partial charge in [0, 0.05) is 12.7 Å². The Morgan fingerprint density at radius 1 is 1.44 bits per heavy atom. The van der Waals surface area contributed by atoms with Crippen molar-refractivity contribution in [3.05, 3.63) is 18.0 Å². The van der Waals surface area contributed by atoms with Crippen molar-refractivity contribution < 1.29 is 9.53 Å². The van der Waals surface area contributed by atoms with Gasteiger partial charge < -0.3 is 15.0 Å². The van der Waals surface area contributed by atoms with Gasteiger partial charge in [-0.05, 0) is 31.2 Å². The molecular formula is C14H24N2O2. The summed E-state index contributed by atoms with van der Waals surface area (Å²) in [6, 6.07) is 1.67. The zero-order chi connectivity index (χ0) is 13.7. The van der Waals surface area contributed by atoms with Crippen molar-refractivity contribution >= 4 is 11.7 Å². The van der Waals surface area contributed by atoms with Crippen LogP contribution in [-0.4, -0.2) is 17.1 Å². The Balaban J connectivity index is 2.54. The lowest BCUT2D eigenvalue weighted by atomic mass is 10.00. The molecule has 0 spiro atoms. The van der Waals surface area contributed by atoms with Crippen LogP contribution in [0.1, 0.15) is 44.6 Å². The molecule has 0 saturated carbocycles. The zero-order valence-corrected chi connectivity index (χ0v) is 11.8. The summed E-state index contributed by atoms with van der Waals surface area (Å²) in [7, 11) is 0. The second-order valence-corrected chi connectivity index (χ2v) is 5.28. The van der Waals surface area contributed by atoms with E-state index in [1.807, 2.05) is 11.5 Å². The molecule has 0 aliphatic rings. The van der Waals surface area contributed by atoms with Gasteiger partial charge in [0.25, 0.3) is 0 Å². The molecule has 0 radical (unpaired) electrons. The number of aryl methyl sites for hydroxylation is 1. The molecule has 102 valence electrons. The lowest BCUT2D eigenvalue weighted by molar-refractivity contribution is 0.0424. The van der Waals surface area contributed by atoms with E-state index in [0.29, 0.717) is 36.4 Å². The third-order valence-corrected chi connectivity index (χ3v) is 2.84. The van der Waals surface area contributed by atoms with Gasteiger partial charge in [0.15, 0.2) is 0 Å². The summed E-state index contributed by atoms with van der Waals surface area (Å²) in [6.07, 6.45) is 2.82. The first-order valence-corrected chi connectivity index (χ1v) is 6.56. The van der Waals surface area contributed by atoms with E-state index in [0.717, 1.165) is 6.42 Å². The standard InChI is InChI=1S/C14H24N2O2/c1-5-16-8-12(15)7-13(16)14(17)18-9-11(4)6-10(2)3/h7-8,10-11H,5-6,9,15H2,1-4H3. The highest BCUT2D eigenvalue weighted by molar-refractivity contribution is 5.89. The summed E-state index contributed by atoms with van der Waals surface area (Å²) in [5.74, 6) is 0.717. The number of esters is 1. The first-order valence-electron chi connectivity index (χ1n) is 6.56. The molecule has 0 saturated heterocycles. The number of nitrogen functional groups attached to an aromatic ring is 1. The highest BCUT2D eigenvalue weighted by Gasteiger charge is 2.15. The second kappa shape index (κ2) is 6.47. The predicted molar refractivity (Wildman–Crippen MR) is 73.4 cm³/mol. The fraction of sp³-hybridized carbons (Fsp3) is 0.643. The zero-order valence-electron chi connectivity index (χ0n) is 11.8. The van der Waals surface area contributed by atoms with E-state index >= 15 is 0 Å². The van der Waals surface area contributed by atoms with E-state index in [1.165, 1.54) is 0 Å². The molecule has 1 aromatic heterocycles. The fourth-order valence-corrected chi connectivity index (χ4v) is 2.13. The van der Waals surface area contributed by atoms with Crippen molar-refractivity contribution in [3.8, 4) is 0 Å². The molecule has 0 bridgehead atoms. The van der Waals surface area contributed by atoms with Gasteiger partial charge in [-0.15, -0.1) is 0 Å². The van der Waals surface area contributed by atoms with E-state index in [4.69, 9.17) is 10.5 Å². The third kappa shape index (κ3) is 4.09. The molecule has 0 amide bonds. The molecule has 1 atom stereocenters. The first-order chi connectivity index (χ1) is 8.43. The number of carbonyl (C=O) groups is 1. The predicted octanol–water partition coefficient (Wildman–Crippen LogP) is 2.93. The van der Waals surface area contributed by atoms with E-state index in [-0.39, 0.29) is 5.97 Å². The maximum absolute atomic E-state index is 11.9. The monoisotopic (exact) mass is 252 g/mol. The minimum atomic E-state index is -0.288. The minimum Gasteiger partial charge on any atom is -0.461 e. The van der Waals surface area contributed by atoms with Crippen LogP contribution in [0.25, 0.3) is 0 Å². The van der Waals surface area contributed by atoms with E-state index in [2.05, 4.69) is 20.8 Å². The van der Waals surface area contributed by atoms with Gasteiger partial charge in [-0.3, -0.25) is 0 Å². The lowest BCUT2D eigenvalue weighted by Gasteiger charge is -2.14. The van der Waals surface area contributed by atoms with Crippen LogP contribution in [0.3, 0.4) is 0 Å². The number of nitrogens with zero attached hydrogens (tertiary/aromatic N) is 1. The number of carbonyl (C=O) groups excluding carboxylic acids is 1. The van der Waals surface area contributed by atoms with Crippen molar-refractivity contribution in [2.45, 2.75) is 40.7 Å². The van der Waals surface area contributed by atoms with Gasteiger partial charge in [0.2, 0.25) is 0 Å². The molecule has 18 heavy (non-hydrogen) atoms. The number of rotatable bonds is 6. The highest BCUT2D eigenvalue weighted by atomic mass is 16.5. The van der Waals surface area contributed by atoms with Crippen molar-refractivity contribution in [1.82, 2.24) is 4.57 Å². The lowest BCUT2D eigenvalue weighted by Crippen LogP contribution is -2.16. The van der Waals surface area contributed by atoms with Gasteiger partial charge in [0.1, 0.15) is 5.69 Å². The number of anilines is 1. The van der Waals surface area contributed by atoms with Crippen molar-refractivity contribution in [3.63, 3.8) is 0 Å². The van der Waals surface area contributed by atoms with Crippen LogP contribution < -0.4 is 5.73 Å². The maximum Gasteiger partial charge on any atom is 0.355 e. The molecule has 0 aliphatic heterocycles. The van der Waals surface area contributed by atoms with Gasteiger partial charge in [0.05, 0.1) is 12.3 Å². The van der Waals surface area contributed by atoms with Crippen molar-refractivity contribution in [2.24, 2.45) is 11.8 Å². The molecule has 1 unspecified atom stereocenters. The quantitative estimate of drug-likeness (QED) is 0.792. The topological polar surface area (TPSA) is 57.2 Å². The molecule has 1 heterocycles. The molecule has 0 aliphatic carbocycles. The molecule has 4 heteroatoms. The van der Waals surface area contributed by atoms with Crippen LogP contribution in [0.4, 0.5) is 5.69 Å². The SMILES string of the molecule is CCn1cc(N)cc1C(=O)OCC(C)CC(C)C. The summed E-state index contributed by atoms with van der Waals surface area (Å²) in [5.41, 5.74) is 6.82. The Hall–Kier alpha value is -1.45. The summed E-state index contributed by atoms with van der Waals surface area (Å²) in [5, 5.41) is 0. The Bertz CT molecular complexity index is 396. The average molecular weight is 252 g/mol. The molecule has 1 aromatic rings. The maximum atomic E-state index is 11.9. The molecular weight excluding hydrogens is 228 g/mol. The number of hydrogen-bond donors (Lipinski definition) is 1. The molecule has 2 N–H and O–H groups in total. The van der Waals surface area contributed by atoms with Crippen LogP contribution in [-0.2, 0) is 11.3 Å². The normalized spacial score (nSPS) is 12.7. The number of hydrogen-bond acceptors (Lipinski definition) is 3.